The largest absolute Gasteiger partial charge is 0.434 e. The molecule has 5 nitrogen and oxygen atoms in total. The molecule has 1 aliphatic heterocycles. The third kappa shape index (κ3) is 6.47. The van der Waals surface area contributed by atoms with Crippen LogP contribution in [0.25, 0.3) is 0 Å². The summed E-state index contributed by atoms with van der Waals surface area (Å²) in [6.07, 6.45) is -2.76. The summed E-state index contributed by atoms with van der Waals surface area (Å²) in [5.41, 5.74) is -0.810. The van der Waals surface area contributed by atoms with Gasteiger partial charge in [0.2, 0.25) is 0 Å². The first-order valence-electron chi connectivity index (χ1n) is 8.68. The van der Waals surface area contributed by atoms with Crippen molar-refractivity contribution in [2.24, 2.45) is 10.9 Å². The van der Waals surface area contributed by atoms with Gasteiger partial charge in [-0.05, 0) is 32.4 Å². The van der Waals surface area contributed by atoms with E-state index in [0.717, 1.165) is 55.9 Å². The molecule has 0 saturated carbocycles. The number of guanidine groups is 1. The maximum Gasteiger partial charge on any atom is 0.434 e. The molecule has 0 bridgehead atoms. The number of hydrogen-bond donors (Lipinski definition) is 2. The Hall–Kier alpha value is -1.35. The van der Waals surface area contributed by atoms with Crippen LogP contribution in [-0.4, -0.2) is 55.1 Å². The third-order valence-electron chi connectivity index (χ3n) is 4.14. The van der Waals surface area contributed by atoms with E-state index < -0.39 is 11.9 Å². The van der Waals surface area contributed by atoms with Gasteiger partial charge in [-0.3, -0.25) is 4.99 Å². The van der Waals surface area contributed by atoms with Crippen LogP contribution in [0.4, 0.5) is 13.2 Å². The number of hydrogen-bond acceptors (Lipinski definition) is 4. The summed E-state index contributed by atoms with van der Waals surface area (Å²) in [5, 5.41) is 7.89. The molecule has 1 unspecified atom stereocenters. The Morgan fingerprint density at radius 2 is 2.20 bits per heavy atom. The van der Waals surface area contributed by atoms with Crippen LogP contribution >= 0.6 is 11.3 Å². The molecular formula is C16H26F3N5S. The molecule has 1 atom stereocenters. The van der Waals surface area contributed by atoms with Crippen molar-refractivity contribution in [2.75, 3.05) is 39.3 Å². The van der Waals surface area contributed by atoms with E-state index in [1.165, 1.54) is 0 Å². The number of halogens is 3. The molecular weight excluding hydrogens is 351 g/mol. The highest BCUT2D eigenvalue weighted by Crippen LogP contribution is 2.30. The highest BCUT2D eigenvalue weighted by molar-refractivity contribution is 7.09. The summed E-state index contributed by atoms with van der Waals surface area (Å²) in [6, 6.07) is 0. The van der Waals surface area contributed by atoms with Crippen molar-refractivity contribution in [2.45, 2.75) is 32.9 Å². The second kappa shape index (κ2) is 9.38. The van der Waals surface area contributed by atoms with Gasteiger partial charge < -0.3 is 15.5 Å². The molecule has 1 aromatic rings. The van der Waals surface area contributed by atoms with Crippen molar-refractivity contribution >= 4 is 17.3 Å². The summed E-state index contributed by atoms with van der Waals surface area (Å²) >= 11 is 1.04. The lowest BCUT2D eigenvalue weighted by Gasteiger charge is -2.13. The van der Waals surface area contributed by atoms with Crippen LogP contribution in [0, 0.1) is 5.92 Å². The van der Waals surface area contributed by atoms with Crippen LogP contribution in [0.1, 0.15) is 31.0 Å². The van der Waals surface area contributed by atoms with Gasteiger partial charge in [0.25, 0.3) is 0 Å². The Kier molecular flexibility index (Phi) is 7.49. The highest BCUT2D eigenvalue weighted by atomic mass is 32.1. The second-order valence-corrected chi connectivity index (χ2v) is 7.01. The molecule has 25 heavy (non-hydrogen) atoms. The Morgan fingerprint density at radius 1 is 1.40 bits per heavy atom. The lowest BCUT2D eigenvalue weighted by atomic mass is 10.1. The van der Waals surface area contributed by atoms with Gasteiger partial charge in [-0.1, -0.05) is 6.92 Å². The minimum Gasteiger partial charge on any atom is -0.357 e. The van der Waals surface area contributed by atoms with Crippen LogP contribution < -0.4 is 10.6 Å². The molecule has 0 aromatic carbocycles. The van der Waals surface area contributed by atoms with Gasteiger partial charge in [-0.15, -0.1) is 11.3 Å². The van der Waals surface area contributed by atoms with Crippen LogP contribution in [0.3, 0.4) is 0 Å². The Bertz CT molecular complexity index is 558. The maximum atomic E-state index is 12.5. The predicted octanol–water partition coefficient (Wildman–Crippen LogP) is 2.60. The van der Waals surface area contributed by atoms with Crippen LogP contribution in [0.15, 0.2) is 10.4 Å². The van der Waals surface area contributed by atoms with Crippen molar-refractivity contribution in [1.29, 1.82) is 0 Å². The van der Waals surface area contributed by atoms with E-state index in [1.54, 1.807) is 0 Å². The summed E-state index contributed by atoms with van der Waals surface area (Å²) in [5.74, 6) is 1.29. The van der Waals surface area contributed by atoms with E-state index in [4.69, 9.17) is 0 Å². The summed E-state index contributed by atoms with van der Waals surface area (Å²) in [6.45, 7) is 9.45. The molecule has 0 radical (unpaired) electrons. The molecule has 1 aromatic heterocycles. The lowest BCUT2D eigenvalue weighted by Crippen LogP contribution is -2.38. The summed E-state index contributed by atoms with van der Waals surface area (Å²) in [7, 11) is 0. The minimum atomic E-state index is -4.37. The van der Waals surface area contributed by atoms with E-state index >= 15 is 0 Å². The molecule has 142 valence electrons. The molecule has 1 fully saturated rings. The minimum absolute atomic E-state index is 0.443. The van der Waals surface area contributed by atoms with Crippen molar-refractivity contribution in [3.63, 3.8) is 0 Å². The van der Waals surface area contributed by atoms with E-state index in [1.807, 2.05) is 6.92 Å². The van der Waals surface area contributed by atoms with Crippen molar-refractivity contribution < 1.29 is 13.2 Å². The van der Waals surface area contributed by atoms with E-state index in [9.17, 15) is 13.2 Å². The first kappa shape index (κ1) is 20.0. The number of nitrogens with zero attached hydrogens (tertiary/aromatic N) is 3. The highest BCUT2D eigenvalue weighted by Gasteiger charge is 2.33. The molecule has 0 amide bonds. The summed E-state index contributed by atoms with van der Waals surface area (Å²) < 4.78 is 37.6. The van der Waals surface area contributed by atoms with Gasteiger partial charge in [-0.2, -0.15) is 13.2 Å². The van der Waals surface area contributed by atoms with Gasteiger partial charge in [-0.25, -0.2) is 4.98 Å². The van der Waals surface area contributed by atoms with Crippen molar-refractivity contribution in [3.8, 4) is 0 Å². The Morgan fingerprint density at radius 3 is 2.80 bits per heavy atom. The third-order valence-corrected chi connectivity index (χ3v) is 5.05. The van der Waals surface area contributed by atoms with Gasteiger partial charge >= 0.3 is 6.18 Å². The molecule has 2 heterocycles. The van der Waals surface area contributed by atoms with E-state index in [0.29, 0.717) is 29.9 Å². The van der Waals surface area contributed by atoms with E-state index in [2.05, 4.69) is 32.4 Å². The van der Waals surface area contributed by atoms with Gasteiger partial charge in [0, 0.05) is 38.0 Å². The van der Waals surface area contributed by atoms with Gasteiger partial charge in [0.05, 0.1) is 5.01 Å². The number of thiazole rings is 1. The fourth-order valence-corrected chi connectivity index (χ4v) is 3.56. The number of aromatic nitrogens is 1. The molecule has 2 rings (SSSR count). The summed E-state index contributed by atoms with van der Waals surface area (Å²) in [4.78, 5) is 10.7. The van der Waals surface area contributed by atoms with Crippen LogP contribution in [0.5, 0.6) is 0 Å². The fraction of sp³-hybridized carbons (Fsp3) is 0.750. The first-order chi connectivity index (χ1) is 11.9. The van der Waals surface area contributed by atoms with Crippen molar-refractivity contribution in [1.82, 2.24) is 20.5 Å². The van der Waals surface area contributed by atoms with Gasteiger partial charge in [0.15, 0.2) is 11.7 Å². The van der Waals surface area contributed by atoms with E-state index in [-0.39, 0.29) is 0 Å². The average Bonchev–Trinajstić information content (AvgIpc) is 3.21. The zero-order chi connectivity index (χ0) is 18.3. The number of nitrogens with one attached hydrogen (secondary N) is 2. The number of alkyl halides is 3. The fourth-order valence-electron chi connectivity index (χ4n) is 2.75. The number of likely N-dealkylation sites (tertiary alicyclic amines) is 1. The topological polar surface area (TPSA) is 52.6 Å². The average molecular weight is 377 g/mol. The molecule has 0 aliphatic carbocycles. The van der Waals surface area contributed by atoms with Gasteiger partial charge in [0.1, 0.15) is 0 Å². The normalized spacial score (nSPS) is 19.4. The molecule has 0 spiro atoms. The maximum absolute atomic E-state index is 12.5. The zero-order valence-electron chi connectivity index (χ0n) is 14.7. The molecule has 2 N–H and O–H groups in total. The number of rotatable bonds is 7. The second-order valence-electron chi connectivity index (χ2n) is 6.07. The monoisotopic (exact) mass is 377 g/mol. The zero-order valence-corrected chi connectivity index (χ0v) is 15.5. The Balaban J connectivity index is 1.79. The molecule has 1 saturated heterocycles. The Labute approximate surface area is 150 Å². The lowest BCUT2D eigenvalue weighted by molar-refractivity contribution is -0.140. The standard InChI is InChI=1S/C16H26F3N5S/c1-3-20-15(22-9-12-6-8-24(4-2)10-12)21-7-5-14-23-13(11-25-14)16(17,18)19/h11-12H,3-10H2,1-2H3,(H2,20,21,22). The SMILES string of the molecule is CCNC(=NCC1CCN(CC)C1)NCCc1nc(C(F)(F)F)cs1. The molecule has 9 heteroatoms. The number of aliphatic imine (C=N–C) groups is 1. The predicted molar refractivity (Wildman–Crippen MR) is 95.0 cm³/mol. The smallest absolute Gasteiger partial charge is 0.357 e. The molecule has 1 aliphatic rings. The van der Waals surface area contributed by atoms with Crippen LogP contribution in [-0.2, 0) is 12.6 Å². The van der Waals surface area contributed by atoms with Crippen LogP contribution in [0.2, 0.25) is 0 Å². The quantitative estimate of drug-likeness (QED) is 0.567. The first-order valence-corrected chi connectivity index (χ1v) is 9.56. The van der Waals surface area contributed by atoms with Crippen molar-refractivity contribution in [3.05, 3.63) is 16.1 Å².